The summed E-state index contributed by atoms with van der Waals surface area (Å²) in [6.45, 7) is 4.48. The van der Waals surface area contributed by atoms with Crippen LogP contribution < -0.4 is 14.4 Å². The van der Waals surface area contributed by atoms with Crippen molar-refractivity contribution in [1.29, 1.82) is 0 Å². The highest BCUT2D eigenvalue weighted by molar-refractivity contribution is 7.99. The maximum Gasteiger partial charge on any atom is 0.335 e. The van der Waals surface area contributed by atoms with E-state index in [0.29, 0.717) is 17.2 Å². The summed E-state index contributed by atoms with van der Waals surface area (Å²) in [6.07, 6.45) is -4.53. The summed E-state index contributed by atoms with van der Waals surface area (Å²) >= 11 is 1.88. The molecule has 0 saturated carbocycles. The van der Waals surface area contributed by atoms with Crippen LogP contribution in [0, 0.1) is 5.92 Å². The molecule has 5 rings (SSSR count). The summed E-state index contributed by atoms with van der Waals surface area (Å²) in [7, 11) is 7.21. The van der Waals surface area contributed by atoms with E-state index >= 15 is 0 Å². The first kappa shape index (κ1) is 39.4. The van der Waals surface area contributed by atoms with Gasteiger partial charge in [0.2, 0.25) is 5.78 Å². The highest BCUT2D eigenvalue weighted by Crippen LogP contribution is 2.48. The number of ketones is 1. The number of ether oxygens (including phenoxy) is 2. The zero-order valence-electron chi connectivity index (χ0n) is 28.4. The second kappa shape index (κ2) is 18.6. The van der Waals surface area contributed by atoms with Crippen LogP contribution in [0.3, 0.4) is 0 Å². The number of carboxylic acid groups (broad SMARTS) is 2. The van der Waals surface area contributed by atoms with Gasteiger partial charge in [-0.05, 0) is 44.3 Å². The molecule has 0 aliphatic carbocycles. The Morgan fingerprint density at radius 1 is 0.780 bits per heavy atom. The van der Waals surface area contributed by atoms with Gasteiger partial charge in [-0.15, -0.1) is 0 Å². The lowest BCUT2D eigenvalue weighted by Gasteiger charge is -2.35. The normalized spacial score (nSPS) is 13.2. The molecule has 0 radical (unpaired) electrons. The fourth-order valence-corrected chi connectivity index (χ4v) is 6.15. The van der Waals surface area contributed by atoms with Gasteiger partial charge < -0.3 is 44.8 Å². The topological polar surface area (TPSA) is 177 Å². The number of aliphatic hydroxyl groups excluding tert-OH is 2. The standard InChI is InChI=1S/C18H22N2S.C15H14O4.C4H6O6/c1-14(12-19(2)3)13-20-15-8-4-6-10-17(15)21-18-11-7-5-9-16(18)20;1-18-11-8-12(16)14(13(9-11)19-2)15(17)10-6-4-3-5-7-10;5-1(3(7)8)2(6)4(9)10/h4-11,14H,12-13H2,1-3H3;3-9,16H,1-2H3;1-2,5-6H,(H,7,8)(H,9,10). The predicted octanol–water partition coefficient (Wildman–Crippen LogP) is 5.00. The first-order valence-corrected chi connectivity index (χ1v) is 16.2. The molecule has 4 aromatic rings. The second-order valence-corrected chi connectivity index (χ2v) is 12.6. The molecule has 1 heterocycles. The van der Waals surface area contributed by atoms with Crippen molar-refractivity contribution in [1.82, 2.24) is 4.90 Å². The van der Waals surface area contributed by atoms with E-state index in [1.165, 1.54) is 41.5 Å². The number of aliphatic hydroxyl groups is 2. The average molecular weight is 707 g/mol. The van der Waals surface area contributed by atoms with Crippen LogP contribution in [0.15, 0.2) is 101 Å². The number of hydrogen-bond donors (Lipinski definition) is 5. The van der Waals surface area contributed by atoms with Crippen molar-refractivity contribution in [2.75, 3.05) is 46.3 Å². The maximum absolute atomic E-state index is 12.4. The number of anilines is 2. The van der Waals surface area contributed by atoms with E-state index < -0.39 is 24.1 Å². The molecule has 0 saturated heterocycles. The molecule has 0 spiro atoms. The third-order valence-corrected chi connectivity index (χ3v) is 8.41. The van der Waals surface area contributed by atoms with Gasteiger partial charge in [0.15, 0.2) is 12.2 Å². The number of aliphatic carboxylic acids is 2. The van der Waals surface area contributed by atoms with Gasteiger partial charge in [-0.1, -0.05) is 73.3 Å². The fraction of sp³-hybridized carbons (Fsp3) is 0.270. The number of carbonyl (C=O) groups is 3. The molecule has 0 amide bonds. The van der Waals surface area contributed by atoms with Crippen LogP contribution in [0.2, 0.25) is 0 Å². The number of phenolic OH excluding ortho intramolecular Hbond substituents is 1. The smallest absolute Gasteiger partial charge is 0.335 e. The molecule has 4 aromatic carbocycles. The Morgan fingerprint density at radius 3 is 1.74 bits per heavy atom. The Labute approximate surface area is 295 Å². The number of fused-ring (bicyclic) bond motifs is 2. The molecule has 3 unspecified atom stereocenters. The average Bonchev–Trinajstić information content (AvgIpc) is 3.10. The number of para-hydroxylation sites is 2. The molecule has 0 aromatic heterocycles. The van der Waals surface area contributed by atoms with Crippen molar-refractivity contribution < 1.29 is 49.4 Å². The first-order chi connectivity index (χ1) is 23.8. The van der Waals surface area contributed by atoms with Gasteiger partial charge in [0, 0.05) is 40.6 Å². The number of carboxylic acids is 2. The predicted molar refractivity (Wildman–Crippen MR) is 190 cm³/mol. The molecule has 1 aliphatic heterocycles. The SMILES string of the molecule is CC(CN(C)C)CN1c2ccccc2Sc2ccccc21.COc1cc(O)c(C(=O)c2ccccc2)c(OC)c1.O=C(O)C(O)C(O)C(=O)O. The minimum atomic E-state index is -2.27. The second-order valence-electron chi connectivity index (χ2n) is 11.5. The highest BCUT2D eigenvalue weighted by atomic mass is 32.2. The van der Waals surface area contributed by atoms with Crippen LogP contribution in [0.25, 0.3) is 0 Å². The van der Waals surface area contributed by atoms with Crippen molar-refractivity contribution in [3.8, 4) is 17.2 Å². The van der Waals surface area contributed by atoms with Gasteiger partial charge in [0.05, 0.1) is 25.6 Å². The Balaban J connectivity index is 0.000000216. The number of carbonyl (C=O) groups excluding carboxylic acids is 1. The maximum atomic E-state index is 12.4. The Hall–Kier alpha value is -5.08. The third-order valence-electron chi connectivity index (χ3n) is 7.28. The number of nitrogens with zero attached hydrogens (tertiary/aromatic N) is 2. The van der Waals surface area contributed by atoms with E-state index in [1.807, 2.05) is 17.8 Å². The molecule has 3 atom stereocenters. The van der Waals surface area contributed by atoms with Gasteiger partial charge in [0.1, 0.15) is 22.8 Å². The van der Waals surface area contributed by atoms with Crippen LogP contribution in [0.4, 0.5) is 11.4 Å². The highest BCUT2D eigenvalue weighted by Gasteiger charge is 2.29. The number of methoxy groups -OCH3 is 2. The molecular formula is C37H42N2O10S. The summed E-state index contributed by atoms with van der Waals surface area (Å²) < 4.78 is 10.2. The van der Waals surface area contributed by atoms with Crippen LogP contribution in [0.1, 0.15) is 22.8 Å². The van der Waals surface area contributed by atoms with E-state index in [0.717, 1.165) is 13.1 Å². The monoisotopic (exact) mass is 706 g/mol. The Kier molecular flexibility index (Phi) is 14.7. The molecule has 13 heteroatoms. The summed E-state index contributed by atoms with van der Waals surface area (Å²) in [5.41, 5.74) is 3.30. The minimum absolute atomic E-state index is 0.134. The molecule has 12 nitrogen and oxygen atoms in total. The Morgan fingerprint density at radius 2 is 1.28 bits per heavy atom. The number of benzene rings is 4. The lowest BCUT2D eigenvalue weighted by molar-refractivity contribution is -0.165. The Bertz CT molecular complexity index is 1690. The number of aromatic hydroxyl groups is 1. The van der Waals surface area contributed by atoms with E-state index in [2.05, 4.69) is 79.3 Å². The fourth-order valence-electron chi connectivity index (χ4n) is 5.06. The summed E-state index contributed by atoms with van der Waals surface area (Å²) in [5, 5.41) is 42.5. The van der Waals surface area contributed by atoms with Crippen molar-refractivity contribution in [2.24, 2.45) is 5.92 Å². The largest absolute Gasteiger partial charge is 0.507 e. The molecule has 266 valence electrons. The van der Waals surface area contributed by atoms with E-state index in [1.54, 1.807) is 30.3 Å². The van der Waals surface area contributed by atoms with Crippen LogP contribution in [-0.4, -0.2) is 102 Å². The number of phenols is 1. The lowest BCUT2D eigenvalue weighted by atomic mass is 10.0. The van der Waals surface area contributed by atoms with E-state index in [4.69, 9.17) is 29.9 Å². The van der Waals surface area contributed by atoms with Crippen LogP contribution >= 0.6 is 11.8 Å². The van der Waals surface area contributed by atoms with Crippen LogP contribution in [0.5, 0.6) is 17.2 Å². The molecule has 5 N–H and O–H groups in total. The summed E-state index contributed by atoms with van der Waals surface area (Å²) in [6, 6.07) is 29.1. The summed E-state index contributed by atoms with van der Waals surface area (Å²) in [5.74, 6) is -2.67. The molecule has 0 bridgehead atoms. The van der Waals surface area contributed by atoms with Crippen molar-refractivity contribution in [3.05, 3.63) is 102 Å². The van der Waals surface area contributed by atoms with Crippen molar-refractivity contribution >= 4 is 40.9 Å². The molecule has 0 fully saturated rings. The van der Waals surface area contributed by atoms with Gasteiger partial charge in [-0.3, -0.25) is 4.79 Å². The first-order valence-electron chi connectivity index (χ1n) is 15.4. The van der Waals surface area contributed by atoms with Gasteiger partial charge in [0.25, 0.3) is 0 Å². The zero-order chi connectivity index (χ0) is 37.0. The van der Waals surface area contributed by atoms with Crippen molar-refractivity contribution in [2.45, 2.75) is 28.9 Å². The van der Waals surface area contributed by atoms with Gasteiger partial charge in [-0.2, -0.15) is 0 Å². The quantitative estimate of drug-likeness (QED) is 0.132. The zero-order valence-corrected chi connectivity index (χ0v) is 29.2. The van der Waals surface area contributed by atoms with E-state index in [-0.39, 0.29) is 22.8 Å². The lowest BCUT2D eigenvalue weighted by Crippen LogP contribution is -2.39. The molecular weight excluding hydrogens is 664 g/mol. The number of hydrogen-bond acceptors (Lipinski definition) is 11. The molecule has 1 aliphatic rings. The van der Waals surface area contributed by atoms with Gasteiger partial charge in [-0.25, -0.2) is 9.59 Å². The van der Waals surface area contributed by atoms with Crippen LogP contribution in [-0.2, 0) is 9.59 Å². The van der Waals surface area contributed by atoms with Crippen molar-refractivity contribution in [3.63, 3.8) is 0 Å². The number of rotatable bonds is 11. The molecule has 50 heavy (non-hydrogen) atoms. The third kappa shape index (κ3) is 10.5. The van der Waals surface area contributed by atoms with E-state index in [9.17, 15) is 19.5 Å². The minimum Gasteiger partial charge on any atom is -0.507 e. The summed E-state index contributed by atoms with van der Waals surface area (Å²) in [4.78, 5) is 39.4. The van der Waals surface area contributed by atoms with Gasteiger partial charge >= 0.3 is 11.9 Å².